The minimum atomic E-state index is -0.728. The highest BCUT2D eigenvalue weighted by atomic mass is 32.1. The lowest BCUT2D eigenvalue weighted by Crippen LogP contribution is -2.23. The molecule has 0 bridgehead atoms. The molecule has 0 spiro atoms. The molecule has 2 amide bonds. The Labute approximate surface area is 157 Å². The zero-order valence-electron chi connectivity index (χ0n) is 14.1. The van der Waals surface area contributed by atoms with Crippen molar-refractivity contribution in [1.29, 1.82) is 0 Å². The SMILES string of the molecule is CC(=O)Nc1c(-c2ccccn2)nsc1C(=O)NCc1cc(F)cc(F)c1. The zero-order valence-corrected chi connectivity index (χ0v) is 14.9. The summed E-state index contributed by atoms with van der Waals surface area (Å²) in [6.07, 6.45) is 1.57. The van der Waals surface area contributed by atoms with Crippen molar-refractivity contribution in [2.75, 3.05) is 5.32 Å². The Kier molecular flexibility index (Phi) is 5.51. The van der Waals surface area contributed by atoms with Crippen molar-refractivity contribution in [3.05, 3.63) is 64.7 Å². The Bertz CT molecular complexity index is 972. The molecule has 2 N–H and O–H groups in total. The second-order valence-corrected chi connectivity index (χ2v) is 6.37. The predicted molar refractivity (Wildman–Crippen MR) is 97.2 cm³/mol. The van der Waals surface area contributed by atoms with Gasteiger partial charge >= 0.3 is 0 Å². The van der Waals surface area contributed by atoms with Crippen LogP contribution in [0.3, 0.4) is 0 Å². The first kappa shape index (κ1) is 18.6. The van der Waals surface area contributed by atoms with Crippen LogP contribution in [0.25, 0.3) is 11.4 Å². The van der Waals surface area contributed by atoms with E-state index in [1.165, 1.54) is 6.92 Å². The van der Waals surface area contributed by atoms with Gasteiger partial charge in [-0.25, -0.2) is 8.78 Å². The van der Waals surface area contributed by atoms with Gasteiger partial charge in [0.2, 0.25) is 5.91 Å². The smallest absolute Gasteiger partial charge is 0.265 e. The average molecular weight is 388 g/mol. The number of rotatable bonds is 5. The molecule has 0 aliphatic carbocycles. The summed E-state index contributed by atoms with van der Waals surface area (Å²) < 4.78 is 30.7. The molecule has 0 radical (unpaired) electrons. The fraction of sp³-hybridized carbons (Fsp3) is 0.111. The predicted octanol–water partition coefficient (Wildman–Crippen LogP) is 3.37. The normalized spacial score (nSPS) is 10.5. The summed E-state index contributed by atoms with van der Waals surface area (Å²) in [6, 6.07) is 8.21. The van der Waals surface area contributed by atoms with E-state index in [-0.39, 0.29) is 28.6 Å². The van der Waals surface area contributed by atoms with Crippen LogP contribution in [0.5, 0.6) is 0 Å². The number of hydrogen-bond donors (Lipinski definition) is 2. The highest BCUT2D eigenvalue weighted by Crippen LogP contribution is 2.32. The molecule has 1 aromatic carbocycles. The highest BCUT2D eigenvalue weighted by molar-refractivity contribution is 7.09. The van der Waals surface area contributed by atoms with Gasteiger partial charge in [-0.3, -0.25) is 14.6 Å². The maximum atomic E-state index is 13.3. The van der Waals surface area contributed by atoms with Gasteiger partial charge < -0.3 is 10.6 Å². The number of anilines is 1. The van der Waals surface area contributed by atoms with Crippen LogP contribution < -0.4 is 10.6 Å². The summed E-state index contributed by atoms with van der Waals surface area (Å²) in [4.78, 5) is 28.4. The molecular weight excluding hydrogens is 374 g/mol. The van der Waals surface area contributed by atoms with Gasteiger partial charge in [0.15, 0.2) is 0 Å². The van der Waals surface area contributed by atoms with Crippen LogP contribution in [-0.4, -0.2) is 21.2 Å². The third-order valence-electron chi connectivity index (χ3n) is 3.48. The summed E-state index contributed by atoms with van der Waals surface area (Å²) in [5, 5.41) is 5.18. The molecule has 2 aromatic heterocycles. The van der Waals surface area contributed by atoms with Crippen molar-refractivity contribution in [2.24, 2.45) is 0 Å². The van der Waals surface area contributed by atoms with Gasteiger partial charge in [0.05, 0.1) is 11.4 Å². The van der Waals surface area contributed by atoms with E-state index >= 15 is 0 Å². The second kappa shape index (κ2) is 8.00. The Morgan fingerprint density at radius 3 is 2.52 bits per heavy atom. The van der Waals surface area contributed by atoms with Gasteiger partial charge in [-0.1, -0.05) is 6.07 Å². The molecule has 3 aromatic rings. The molecule has 0 saturated heterocycles. The van der Waals surface area contributed by atoms with Crippen molar-refractivity contribution in [3.8, 4) is 11.4 Å². The number of hydrogen-bond acceptors (Lipinski definition) is 5. The van der Waals surface area contributed by atoms with E-state index < -0.39 is 17.5 Å². The van der Waals surface area contributed by atoms with Crippen molar-refractivity contribution in [3.63, 3.8) is 0 Å². The Morgan fingerprint density at radius 1 is 1.15 bits per heavy atom. The minimum absolute atomic E-state index is 0.0795. The molecule has 0 aliphatic heterocycles. The van der Waals surface area contributed by atoms with Crippen LogP contribution in [0, 0.1) is 11.6 Å². The maximum absolute atomic E-state index is 13.3. The first-order valence-electron chi connectivity index (χ1n) is 7.86. The molecule has 0 unspecified atom stereocenters. The van der Waals surface area contributed by atoms with Crippen LogP contribution in [0.1, 0.15) is 22.2 Å². The third kappa shape index (κ3) is 4.50. The fourth-order valence-corrected chi connectivity index (χ4v) is 3.15. The molecule has 0 saturated carbocycles. The highest BCUT2D eigenvalue weighted by Gasteiger charge is 2.22. The van der Waals surface area contributed by atoms with E-state index in [0.29, 0.717) is 11.4 Å². The molecule has 0 fully saturated rings. The second-order valence-electron chi connectivity index (χ2n) is 5.59. The Morgan fingerprint density at radius 2 is 1.89 bits per heavy atom. The first-order chi connectivity index (χ1) is 12.9. The van der Waals surface area contributed by atoms with Crippen molar-refractivity contribution < 1.29 is 18.4 Å². The minimum Gasteiger partial charge on any atom is -0.347 e. The number of amides is 2. The van der Waals surface area contributed by atoms with Gasteiger partial charge in [-0.05, 0) is 41.4 Å². The standard InChI is InChI=1S/C18H14F2N4O2S/c1-10(25)23-16-15(14-4-2-3-5-21-14)24-27-17(16)18(26)22-9-11-6-12(19)8-13(20)7-11/h2-8H,9H2,1H3,(H,22,26)(H,23,25). The number of nitrogens with one attached hydrogen (secondary N) is 2. The molecule has 6 nitrogen and oxygen atoms in total. The monoisotopic (exact) mass is 388 g/mol. The number of pyridine rings is 1. The van der Waals surface area contributed by atoms with E-state index in [1.54, 1.807) is 24.4 Å². The van der Waals surface area contributed by atoms with E-state index in [1.807, 2.05) is 0 Å². The summed E-state index contributed by atoms with van der Waals surface area (Å²) in [5.74, 6) is -2.35. The Balaban J connectivity index is 1.85. The van der Waals surface area contributed by atoms with Crippen molar-refractivity contribution in [2.45, 2.75) is 13.5 Å². The van der Waals surface area contributed by atoms with Gasteiger partial charge in [0.1, 0.15) is 22.2 Å². The van der Waals surface area contributed by atoms with Gasteiger partial charge in [-0.15, -0.1) is 0 Å². The van der Waals surface area contributed by atoms with E-state index in [9.17, 15) is 18.4 Å². The van der Waals surface area contributed by atoms with E-state index in [0.717, 1.165) is 29.7 Å². The summed E-state index contributed by atoms with van der Waals surface area (Å²) in [5.41, 5.74) is 1.40. The van der Waals surface area contributed by atoms with Crippen molar-refractivity contribution >= 4 is 29.0 Å². The number of carbonyl (C=O) groups excluding carboxylic acids is 2. The molecule has 138 valence electrons. The summed E-state index contributed by atoms with van der Waals surface area (Å²) in [7, 11) is 0. The van der Waals surface area contributed by atoms with Crippen LogP contribution in [0.2, 0.25) is 0 Å². The number of halogens is 2. The van der Waals surface area contributed by atoms with Crippen LogP contribution >= 0.6 is 11.5 Å². The quantitative estimate of drug-likeness (QED) is 0.702. The molecular formula is C18H14F2N4O2S. The molecule has 0 atom stereocenters. The van der Waals surface area contributed by atoms with E-state index in [4.69, 9.17) is 0 Å². The third-order valence-corrected chi connectivity index (χ3v) is 4.33. The Hall–Kier alpha value is -3.20. The van der Waals surface area contributed by atoms with Crippen LogP contribution in [-0.2, 0) is 11.3 Å². The molecule has 27 heavy (non-hydrogen) atoms. The fourth-order valence-electron chi connectivity index (χ4n) is 2.39. The largest absolute Gasteiger partial charge is 0.347 e. The summed E-state index contributed by atoms with van der Waals surface area (Å²) in [6.45, 7) is 1.24. The molecule has 3 rings (SSSR count). The number of aromatic nitrogens is 2. The number of carbonyl (C=O) groups is 2. The lowest BCUT2D eigenvalue weighted by Gasteiger charge is -2.08. The zero-order chi connectivity index (χ0) is 19.4. The van der Waals surface area contributed by atoms with Gasteiger partial charge in [0, 0.05) is 25.7 Å². The van der Waals surface area contributed by atoms with Crippen LogP contribution in [0.4, 0.5) is 14.5 Å². The van der Waals surface area contributed by atoms with Crippen LogP contribution in [0.15, 0.2) is 42.6 Å². The van der Waals surface area contributed by atoms with Gasteiger partial charge in [-0.2, -0.15) is 4.37 Å². The first-order valence-corrected chi connectivity index (χ1v) is 8.63. The van der Waals surface area contributed by atoms with E-state index in [2.05, 4.69) is 20.0 Å². The lowest BCUT2D eigenvalue weighted by atomic mass is 10.2. The molecule has 0 aliphatic rings. The molecule has 9 heteroatoms. The average Bonchev–Trinajstić information content (AvgIpc) is 3.02. The van der Waals surface area contributed by atoms with Gasteiger partial charge in [0.25, 0.3) is 5.91 Å². The number of benzene rings is 1. The summed E-state index contributed by atoms with van der Waals surface area (Å²) >= 11 is 0.898. The molecule has 2 heterocycles. The maximum Gasteiger partial charge on any atom is 0.265 e. The topological polar surface area (TPSA) is 84.0 Å². The lowest BCUT2D eigenvalue weighted by molar-refractivity contribution is -0.114. The number of nitrogens with zero attached hydrogens (tertiary/aromatic N) is 2. The van der Waals surface area contributed by atoms with Crippen molar-refractivity contribution in [1.82, 2.24) is 14.7 Å².